The molecular formula is C6H2F12O4S. The van der Waals surface area contributed by atoms with Gasteiger partial charge in [0.1, 0.15) is 0 Å². The Morgan fingerprint density at radius 3 is 1.39 bits per heavy atom. The standard InChI is InChI=1S/C6H2F12O4S/c7-1(8)2(9,10)3(11,4(12,13)14)22-5(15,16)6(17,18)23(19,20)21/h1H,(H,19,20,21). The zero-order valence-corrected chi connectivity index (χ0v) is 10.5. The average Bonchev–Trinajstić information content (AvgIpc) is 2.24. The van der Waals surface area contributed by atoms with Crippen LogP contribution in [0.15, 0.2) is 0 Å². The number of rotatable bonds is 6. The molecule has 0 saturated carbocycles. The molecule has 0 amide bonds. The molecule has 23 heavy (non-hydrogen) atoms. The fraction of sp³-hybridized carbons (Fsp3) is 1.00. The Bertz CT molecular complexity index is 538. The summed E-state index contributed by atoms with van der Waals surface area (Å²) in [5, 5.41) is -7.08. The van der Waals surface area contributed by atoms with Crippen molar-refractivity contribution in [1.29, 1.82) is 0 Å². The van der Waals surface area contributed by atoms with Gasteiger partial charge < -0.3 is 0 Å². The van der Waals surface area contributed by atoms with Gasteiger partial charge in [0.2, 0.25) is 0 Å². The van der Waals surface area contributed by atoms with Gasteiger partial charge in [0.25, 0.3) is 0 Å². The maximum Gasteiger partial charge on any atom is 0.460 e. The molecule has 0 aliphatic rings. The third-order valence-corrected chi connectivity index (χ3v) is 2.88. The quantitative estimate of drug-likeness (QED) is 0.552. The van der Waals surface area contributed by atoms with Crippen LogP contribution in [0.25, 0.3) is 0 Å². The predicted octanol–water partition coefficient (Wildman–Crippen LogP) is 3.20. The second kappa shape index (κ2) is 5.54. The lowest BCUT2D eigenvalue weighted by molar-refractivity contribution is -0.486. The Kier molecular flexibility index (Phi) is 5.31. The van der Waals surface area contributed by atoms with E-state index < -0.39 is 45.9 Å². The zero-order chi connectivity index (χ0) is 19.3. The molecule has 1 N–H and O–H groups in total. The van der Waals surface area contributed by atoms with Crippen molar-refractivity contribution in [1.82, 2.24) is 0 Å². The van der Waals surface area contributed by atoms with E-state index in [4.69, 9.17) is 4.55 Å². The molecule has 0 aromatic heterocycles. The van der Waals surface area contributed by atoms with Crippen LogP contribution >= 0.6 is 0 Å². The average molecular weight is 398 g/mol. The Morgan fingerprint density at radius 1 is 0.826 bits per heavy atom. The topological polar surface area (TPSA) is 63.6 Å². The molecule has 0 radical (unpaired) electrons. The molecule has 0 aliphatic heterocycles. The van der Waals surface area contributed by atoms with E-state index in [0.717, 1.165) is 0 Å². The van der Waals surface area contributed by atoms with Crippen molar-refractivity contribution >= 4 is 10.1 Å². The molecule has 1 unspecified atom stereocenters. The normalized spacial score (nSPS) is 18.2. The molecule has 0 spiro atoms. The highest BCUT2D eigenvalue weighted by molar-refractivity contribution is 7.86. The second-order valence-corrected chi connectivity index (χ2v) is 5.09. The van der Waals surface area contributed by atoms with Crippen LogP contribution in [0.1, 0.15) is 0 Å². The van der Waals surface area contributed by atoms with E-state index >= 15 is 0 Å². The van der Waals surface area contributed by atoms with Crippen LogP contribution in [0.4, 0.5) is 52.7 Å². The van der Waals surface area contributed by atoms with E-state index in [2.05, 4.69) is 0 Å². The van der Waals surface area contributed by atoms with E-state index in [1.54, 1.807) is 0 Å². The minimum Gasteiger partial charge on any atom is -0.281 e. The van der Waals surface area contributed by atoms with Gasteiger partial charge in [-0.05, 0) is 0 Å². The van der Waals surface area contributed by atoms with Crippen LogP contribution in [0.5, 0.6) is 0 Å². The van der Waals surface area contributed by atoms with Gasteiger partial charge >= 0.3 is 45.9 Å². The van der Waals surface area contributed by atoms with Crippen LogP contribution in [-0.2, 0) is 14.9 Å². The molecule has 0 aromatic rings. The summed E-state index contributed by atoms with van der Waals surface area (Å²) in [5.74, 6) is -14.6. The highest BCUT2D eigenvalue weighted by atomic mass is 32.2. The second-order valence-electron chi connectivity index (χ2n) is 3.63. The van der Waals surface area contributed by atoms with Crippen LogP contribution in [0.3, 0.4) is 0 Å². The van der Waals surface area contributed by atoms with Crippen molar-refractivity contribution in [2.75, 3.05) is 0 Å². The van der Waals surface area contributed by atoms with Gasteiger partial charge in [-0.3, -0.25) is 9.29 Å². The van der Waals surface area contributed by atoms with Crippen molar-refractivity contribution in [3.63, 3.8) is 0 Å². The lowest BCUT2D eigenvalue weighted by Gasteiger charge is -2.37. The van der Waals surface area contributed by atoms with Crippen LogP contribution in [0, 0.1) is 0 Å². The van der Waals surface area contributed by atoms with E-state index in [0.29, 0.717) is 0 Å². The molecule has 1 atom stereocenters. The molecule has 0 heterocycles. The minimum atomic E-state index is -7.44. The van der Waals surface area contributed by atoms with Crippen molar-refractivity contribution < 1.29 is 70.4 Å². The van der Waals surface area contributed by atoms with Gasteiger partial charge in [0.15, 0.2) is 0 Å². The van der Waals surface area contributed by atoms with E-state index in [1.165, 1.54) is 4.74 Å². The molecule has 0 rings (SSSR count). The van der Waals surface area contributed by atoms with Gasteiger partial charge in [-0.2, -0.15) is 52.3 Å². The van der Waals surface area contributed by atoms with Crippen molar-refractivity contribution in [3.8, 4) is 0 Å². The fourth-order valence-electron chi connectivity index (χ4n) is 0.841. The van der Waals surface area contributed by atoms with Crippen LogP contribution in [-0.4, -0.2) is 48.7 Å². The van der Waals surface area contributed by atoms with Gasteiger partial charge in [-0.25, -0.2) is 8.78 Å². The SMILES string of the molecule is O=S(=O)(O)C(F)(F)C(F)(F)OC(F)(C(F)(F)F)C(F)(F)C(F)F. The van der Waals surface area contributed by atoms with Crippen LogP contribution in [0.2, 0.25) is 0 Å². The first kappa shape index (κ1) is 22.0. The monoisotopic (exact) mass is 398 g/mol. The third kappa shape index (κ3) is 3.44. The number of halogens is 12. The highest BCUT2D eigenvalue weighted by Gasteiger charge is 2.82. The number of hydrogen-bond acceptors (Lipinski definition) is 3. The van der Waals surface area contributed by atoms with E-state index in [1.807, 2.05) is 0 Å². The predicted molar refractivity (Wildman–Crippen MR) is 43.4 cm³/mol. The number of alkyl halides is 12. The molecule has 4 nitrogen and oxygen atoms in total. The minimum absolute atomic E-state index is 1.46. The molecule has 17 heteroatoms. The first-order valence-electron chi connectivity index (χ1n) is 4.49. The van der Waals surface area contributed by atoms with Crippen LogP contribution < -0.4 is 0 Å². The van der Waals surface area contributed by atoms with Crippen molar-refractivity contribution in [2.45, 2.75) is 35.7 Å². The Balaban J connectivity index is 6.25. The summed E-state index contributed by atoms with van der Waals surface area (Å²) in [6, 6.07) is 0. The summed E-state index contributed by atoms with van der Waals surface area (Å²) in [6.45, 7) is 0. The maximum atomic E-state index is 13.1. The fourth-order valence-corrected chi connectivity index (χ4v) is 1.18. The molecule has 0 fully saturated rings. The Morgan fingerprint density at radius 2 is 1.17 bits per heavy atom. The molecule has 140 valence electrons. The third-order valence-electron chi connectivity index (χ3n) is 2.00. The summed E-state index contributed by atoms with van der Waals surface area (Å²) in [7, 11) is -7.32. The highest BCUT2D eigenvalue weighted by Crippen LogP contribution is 2.53. The smallest absolute Gasteiger partial charge is 0.281 e. The molecular weight excluding hydrogens is 396 g/mol. The Hall–Kier alpha value is -0.970. The summed E-state index contributed by atoms with van der Waals surface area (Å²) in [6.07, 6.45) is -20.4. The van der Waals surface area contributed by atoms with E-state index in [-0.39, 0.29) is 0 Å². The maximum absolute atomic E-state index is 13.1. The summed E-state index contributed by atoms with van der Waals surface area (Å²) >= 11 is 0. The van der Waals surface area contributed by atoms with Gasteiger partial charge in [-0.1, -0.05) is 0 Å². The summed E-state index contributed by atoms with van der Waals surface area (Å²) < 4.78 is 177. The van der Waals surface area contributed by atoms with Gasteiger partial charge in [0, 0.05) is 0 Å². The van der Waals surface area contributed by atoms with Crippen molar-refractivity contribution in [2.24, 2.45) is 0 Å². The lowest BCUT2D eigenvalue weighted by atomic mass is 10.1. The van der Waals surface area contributed by atoms with E-state index in [9.17, 15) is 61.1 Å². The first-order chi connectivity index (χ1) is 9.65. The molecule has 0 aromatic carbocycles. The summed E-state index contributed by atoms with van der Waals surface area (Å²) in [5.41, 5.74) is 0. The zero-order valence-electron chi connectivity index (χ0n) is 9.69. The first-order valence-corrected chi connectivity index (χ1v) is 5.93. The molecule has 0 saturated heterocycles. The molecule has 0 bridgehead atoms. The largest absolute Gasteiger partial charge is 0.460 e. The van der Waals surface area contributed by atoms with Crippen molar-refractivity contribution in [3.05, 3.63) is 0 Å². The number of ether oxygens (including phenoxy) is 1. The Labute approximate surface area is 117 Å². The lowest BCUT2D eigenvalue weighted by Crippen LogP contribution is -2.65. The van der Waals surface area contributed by atoms with Gasteiger partial charge in [-0.15, -0.1) is 0 Å². The summed E-state index contributed by atoms with van der Waals surface area (Å²) in [4.78, 5) is 0. The molecule has 0 aliphatic carbocycles. The van der Waals surface area contributed by atoms with Gasteiger partial charge in [0.05, 0.1) is 0 Å². The number of hydrogen-bond donors (Lipinski definition) is 1.